The van der Waals surface area contributed by atoms with Crippen LogP contribution in [0, 0.1) is 0 Å². The summed E-state index contributed by atoms with van der Waals surface area (Å²) < 4.78 is 5.61. The van der Waals surface area contributed by atoms with Gasteiger partial charge in [-0.15, -0.1) is 11.8 Å². The molecule has 3 nitrogen and oxygen atoms in total. The first kappa shape index (κ1) is 11.9. The summed E-state index contributed by atoms with van der Waals surface area (Å²) in [5.41, 5.74) is 1.27. The Morgan fingerprint density at radius 3 is 3.31 bits per heavy atom. The average molecular weight is 238 g/mol. The second-order valence-corrected chi connectivity index (χ2v) is 4.95. The Bertz CT molecular complexity index is 327. The van der Waals surface area contributed by atoms with Crippen molar-refractivity contribution in [3.8, 4) is 0 Å². The second-order valence-electron chi connectivity index (χ2n) is 3.94. The Kier molecular flexibility index (Phi) is 4.63. The van der Waals surface area contributed by atoms with Gasteiger partial charge in [0, 0.05) is 25.1 Å². The number of nitrogens with one attached hydrogen (secondary N) is 1. The summed E-state index contributed by atoms with van der Waals surface area (Å²) in [6.07, 6.45) is 4.68. The molecular formula is C12H18N2OS. The van der Waals surface area contributed by atoms with Crippen molar-refractivity contribution in [3.05, 3.63) is 23.9 Å². The first-order chi connectivity index (χ1) is 7.90. The number of hydrogen-bond acceptors (Lipinski definition) is 4. The van der Waals surface area contributed by atoms with Crippen molar-refractivity contribution in [2.75, 3.05) is 19.4 Å². The number of aromatic nitrogens is 1. The van der Waals surface area contributed by atoms with Crippen LogP contribution < -0.4 is 5.32 Å². The molecule has 0 radical (unpaired) electrons. The summed E-state index contributed by atoms with van der Waals surface area (Å²) in [5.74, 6) is 1.02. The molecule has 1 unspecified atom stereocenters. The van der Waals surface area contributed by atoms with Crippen LogP contribution in [0.4, 0.5) is 0 Å². The Balaban J connectivity index is 1.91. The molecule has 1 atom stereocenters. The Morgan fingerprint density at radius 1 is 1.62 bits per heavy atom. The van der Waals surface area contributed by atoms with Gasteiger partial charge in [0.05, 0.1) is 6.10 Å². The van der Waals surface area contributed by atoms with Crippen LogP contribution in [0.1, 0.15) is 18.4 Å². The van der Waals surface area contributed by atoms with E-state index >= 15 is 0 Å². The summed E-state index contributed by atoms with van der Waals surface area (Å²) in [6, 6.07) is 4.12. The SMILES string of the molecule is CNCc1cccnc1SCC1CCCO1. The van der Waals surface area contributed by atoms with Gasteiger partial charge in [-0.3, -0.25) is 0 Å². The summed E-state index contributed by atoms with van der Waals surface area (Å²) in [7, 11) is 1.96. The average Bonchev–Trinajstić information content (AvgIpc) is 2.81. The van der Waals surface area contributed by atoms with E-state index in [1.807, 2.05) is 31.1 Å². The van der Waals surface area contributed by atoms with Gasteiger partial charge < -0.3 is 10.1 Å². The minimum atomic E-state index is 0.425. The van der Waals surface area contributed by atoms with Gasteiger partial charge >= 0.3 is 0 Å². The molecule has 1 aliphatic heterocycles. The first-order valence-electron chi connectivity index (χ1n) is 5.73. The van der Waals surface area contributed by atoms with E-state index < -0.39 is 0 Å². The van der Waals surface area contributed by atoms with Crippen molar-refractivity contribution in [2.45, 2.75) is 30.5 Å². The third-order valence-electron chi connectivity index (χ3n) is 2.65. The number of rotatable bonds is 5. The summed E-state index contributed by atoms with van der Waals surface area (Å²) in [4.78, 5) is 4.43. The third kappa shape index (κ3) is 3.20. The van der Waals surface area contributed by atoms with Gasteiger partial charge in [-0.2, -0.15) is 0 Å². The minimum absolute atomic E-state index is 0.425. The fraction of sp³-hybridized carbons (Fsp3) is 0.583. The zero-order valence-corrected chi connectivity index (χ0v) is 10.4. The van der Waals surface area contributed by atoms with Gasteiger partial charge in [-0.05, 0) is 31.5 Å². The van der Waals surface area contributed by atoms with Gasteiger partial charge in [0.15, 0.2) is 0 Å². The lowest BCUT2D eigenvalue weighted by atomic mass is 10.3. The van der Waals surface area contributed by atoms with E-state index in [1.54, 1.807) is 0 Å². The lowest BCUT2D eigenvalue weighted by Gasteiger charge is -2.10. The van der Waals surface area contributed by atoms with Gasteiger partial charge in [0.1, 0.15) is 5.03 Å². The standard InChI is InChI=1S/C12H18N2OS/c1-13-8-10-4-2-6-14-12(10)16-9-11-5-3-7-15-11/h2,4,6,11,13H,3,5,7-9H2,1H3. The van der Waals surface area contributed by atoms with Gasteiger partial charge in [0.2, 0.25) is 0 Å². The first-order valence-corrected chi connectivity index (χ1v) is 6.71. The van der Waals surface area contributed by atoms with Crippen LogP contribution in [-0.2, 0) is 11.3 Å². The maximum absolute atomic E-state index is 5.61. The highest BCUT2D eigenvalue weighted by Gasteiger charge is 2.16. The molecule has 0 bridgehead atoms. The monoisotopic (exact) mass is 238 g/mol. The molecule has 1 saturated heterocycles. The Labute approximate surface area is 101 Å². The van der Waals surface area contributed by atoms with Crippen LogP contribution in [0.25, 0.3) is 0 Å². The van der Waals surface area contributed by atoms with E-state index in [-0.39, 0.29) is 0 Å². The van der Waals surface area contributed by atoms with Gasteiger partial charge in [-0.1, -0.05) is 6.07 Å². The molecule has 1 N–H and O–H groups in total. The van der Waals surface area contributed by atoms with Crippen molar-refractivity contribution in [3.63, 3.8) is 0 Å². The third-order valence-corrected chi connectivity index (χ3v) is 3.83. The molecular weight excluding hydrogens is 220 g/mol. The molecule has 16 heavy (non-hydrogen) atoms. The smallest absolute Gasteiger partial charge is 0.101 e. The second kappa shape index (κ2) is 6.23. The molecule has 0 aliphatic carbocycles. The van der Waals surface area contributed by atoms with Crippen LogP contribution in [0.15, 0.2) is 23.4 Å². The summed E-state index contributed by atoms with van der Waals surface area (Å²) >= 11 is 1.81. The number of pyridine rings is 1. The molecule has 4 heteroatoms. The fourth-order valence-corrected chi connectivity index (χ4v) is 2.89. The van der Waals surface area contributed by atoms with E-state index in [9.17, 15) is 0 Å². The van der Waals surface area contributed by atoms with Crippen LogP contribution in [0.3, 0.4) is 0 Å². The largest absolute Gasteiger partial charge is 0.377 e. The van der Waals surface area contributed by atoms with E-state index in [4.69, 9.17) is 4.74 Å². The predicted molar refractivity (Wildman–Crippen MR) is 66.7 cm³/mol. The molecule has 0 aromatic carbocycles. The van der Waals surface area contributed by atoms with E-state index in [2.05, 4.69) is 16.4 Å². The molecule has 1 aliphatic rings. The maximum atomic E-state index is 5.61. The van der Waals surface area contributed by atoms with Gasteiger partial charge in [-0.25, -0.2) is 4.98 Å². The Hall–Kier alpha value is -0.580. The molecule has 88 valence electrons. The molecule has 1 aromatic rings. The number of thioether (sulfide) groups is 1. The molecule has 2 rings (SSSR count). The van der Waals surface area contributed by atoms with Crippen molar-refractivity contribution in [2.24, 2.45) is 0 Å². The highest BCUT2D eigenvalue weighted by atomic mass is 32.2. The topological polar surface area (TPSA) is 34.2 Å². The molecule has 1 fully saturated rings. The molecule has 2 heterocycles. The molecule has 1 aromatic heterocycles. The van der Waals surface area contributed by atoms with Crippen molar-refractivity contribution in [1.82, 2.24) is 10.3 Å². The number of hydrogen-bond donors (Lipinski definition) is 1. The normalized spacial score (nSPS) is 20.2. The highest BCUT2D eigenvalue weighted by Crippen LogP contribution is 2.24. The lowest BCUT2D eigenvalue weighted by molar-refractivity contribution is 0.129. The van der Waals surface area contributed by atoms with Crippen LogP contribution in [0.5, 0.6) is 0 Å². The minimum Gasteiger partial charge on any atom is -0.377 e. The van der Waals surface area contributed by atoms with Gasteiger partial charge in [0.25, 0.3) is 0 Å². The molecule has 0 saturated carbocycles. The lowest BCUT2D eigenvalue weighted by Crippen LogP contribution is -2.10. The molecule has 0 amide bonds. The number of ether oxygens (including phenoxy) is 1. The summed E-state index contributed by atoms with van der Waals surface area (Å²) in [5, 5.41) is 4.30. The predicted octanol–water partition coefficient (Wildman–Crippen LogP) is 2.07. The van der Waals surface area contributed by atoms with Crippen LogP contribution >= 0.6 is 11.8 Å². The zero-order chi connectivity index (χ0) is 11.2. The maximum Gasteiger partial charge on any atom is 0.101 e. The van der Waals surface area contributed by atoms with Crippen molar-refractivity contribution in [1.29, 1.82) is 0 Å². The number of nitrogens with zero attached hydrogens (tertiary/aromatic N) is 1. The highest BCUT2D eigenvalue weighted by molar-refractivity contribution is 7.99. The van der Waals surface area contributed by atoms with E-state index in [1.165, 1.54) is 18.4 Å². The molecule has 0 spiro atoms. The quantitative estimate of drug-likeness (QED) is 0.796. The van der Waals surface area contributed by atoms with E-state index in [0.717, 1.165) is 23.9 Å². The van der Waals surface area contributed by atoms with E-state index in [0.29, 0.717) is 6.10 Å². The van der Waals surface area contributed by atoms with Crippen LogP contribution in [0.2, 0.25) is 0 Å². The van der Waals surface area contributed by atoms with Crippen molar-refractivity contribution < 1.29 is 4.74 Å². The van der Waals surface area contributed by atoms with Crippen LogP contribution in [-0.4, -0.2) is 30.5 Å². The zero-order valence-electron chi connectivity index (χ0n) is 9.61. The van der Waals surface area contributed by atoms with Crippen molar-refractivity contribution >= 4 is 11.8 Å². The fourth-order valence-electron chi connectivity index (χ4n) is 1.83. The summed E-state index contributed by atoms with van der Waals surface area (Å²) in [6.45, 7) is 1.80. The Morgan fingerprint density at radius 2 is 2.56 bits per heavy atom.